The van der Waals surface area contributed by atoms with Gasteiger partial charge >= 0.3 is 5.97 Å². The number of nitrogens with zero attached hydrogens (tertiary/aromatic N) is 2. The van der Waals surface area contributed by atoms with Crippen LogP contribution in [0.5, 0.6) is 0 Å². The molecule has 0 aliphatic rings. The number of furan rings is 1. The fourth-order valence-electron chi connectivity index (χ4n) is 1.80. The lowest BCUT2D eigenvalue weighted by Crippen LogP contribution is -1.95. The van der Waals surface area contributed by atoms with E-state index in [0.717, 1.165) is 5.76 Å². The molecule has 0 saturated carbocycles. The minimum absolute atomic E-state index is 0.168. The average Bonchev–Trinajstić information content (AvgIpc) is 3.07. The quantitative estimate of drug-likeness (QED) is 0.786. The molecule has 0 aliphatic heterocycles. The molecule has 0 amide bonds. The predicted molar refractivity (Wildman–Crippen MR) is 69.1 cm³/mol. The van der Waals surface area contributed by atoms with Crippen LogP contribution in [0.15, 0.2) is 45.4 Å². The number of carbonyl (C=O) groups is 1. The minimum atomic E-state index is -1.00. The summed E-state index contributed by atoms with van der Waals surface area (Å²) in [5, 5.41) is 16.8. The summed E-state index contributed by atoms with van der Waals surface area (Å²) < 4.78 is 10.7. The number of hydrogen-bond donors (Lipinski definition) is 1. The van der Waals surface area contributed by atoms with Crippen LogP contribution in [0.4, 0.5) is 0 Å². The van der Waals surface area contributed by atoms with Crippen LogP contribution in [0.3, 0.4) is 0 Å². The van der Waals surface area contributed by atoms with Crippen molar-refractivity contribution >= 4 is 5.97 Å². The molecule has 6 heteroatoms. The highest BCUT2D eigenvalue weighted by molar-refractivity contribution is 5.88. The first kappa shape index (κ1) is 12.2. The van der Waals surface area contributed by atoms with Crippen LogP contribution in [-0.2, 0) is 0 Å². The second-order valence-corrected chi connectivity index (χ2v) is 4.24. The van der Waals surface area contributed by atoms with E-state index >= 15 is 0 Å². The highest BCUT2D eigenvalue weighted by Crippen LogP contribution is 2.25. The Kier molecular flexibility index (Phi) is 2.83. The van der Waals surface area contributed by atoms with Gasteiger partial charge in [0.15, 0.2) is 0 Å². The zero-order valence-corrected chi connectivity index (χ0v) is 10.5. The number of aromatic nitrogens is 2. The van der Waals surface area contributed by atoms with Crippen LogP contribution in [0.2, 0.25) is 0 Å². The predicted octanol–water partition coefficient (Wildman–Crippen LogP) is 3.00. The molecule has 0 saturated heterocycles. The summed E-state index contributed by atoms with van der Waals surface area (Å²) in [5.74, 6) is 0.337. The second kappa shape index (κ2) is 4.65. The maximum absolute atomic E-state index is 10.9. The van der Waals surface area contributed by atoms with E-state index in [2.05, 4.69) is 10.2 Å². The summed E-state index contributed by atoms with van der Waals surface area (Å²) in [6, 6.07) is 8.11. The Morgan fingerprint density at radius 1 is 1.15 bits per heavy atom. The summed E-state index contributed by atoms with van der Waals surface area (Å²) in [4.78, 5) is 10.9. The van der Waals surface area contributed by atoms with Crippen LogP contribution in [-0.4, -0.2) is 21.3 Å². The van der Waals surface area contributed by atoms with Gasteiger partial charge in [0.1, 0.15) is 12.0 Å². The Bertz CT molecular complexity index is 773. The van der Waals surface area contributed by atoms with E-state index in [0.29, 0.717) is 17.0 Å². The molecular formula is C14H10N2O4. The first-order valence-electron chi connectivity index (χ1n) is 5.86. The van der Waals surface area contributed by atoms with Crippen molar-refractivity contribution < 1.29 is 18.7 Å². The first-order valence-corrected chi connectivity index (χ1v) is 5.86. The number of benzene rings is 1. The molecule has 0 radical (unpaired) electrons. The molecule has 20 heavy (non-hydrogen) atoms. The Morgan fingerprint density at radius 3 is 2.55 bits per heavy atom. The summed E-state index contributed by atoms with van der Waals surface area (Å²) in [7, 11) is 0. The van der Waals surface area contributed by atoms with Crippen molar-refractivity contribution in [2.75, 3.05) is 0 Å². The van der Waals surface area contributed by atoms with Crippen molar-refractivity contribution in [3.63, 3.8) is 0 Å². The molecule has 100 valence electrons. The van der Waals surface area contributed by atoms with Crippen LogP contribution in [0.1, 0.15) is 16.1 Å². The smallest absolute Gasteiger partial charge is 0.335 e. The zero-order chi connectivity index (χ0) is 14.1. The van der Waals surface area contributed by atoms with Gasteiger partial charge in [0.25, 0.3) is 5.89 Å². The molecule has 2 heterocycles. The molecular weight excluding hydrogens is 260 g/mol. The lowest BCUT2D eigenvalue weighted by Gasteiger charge is -1.96. The molecule has 0 fully saturated rings. The highest BCUT2D eigenvalue weighted by Gasteiger charge is 2.13. The van der Waals surface area contributed by atoms with Crippen LogP contribution < -0.4 is 0 Å². The molecule has 0 atom stereocenters. The Labute approximate surface area is 113 Å². The molecule has 6 nitrogen and oxygen atoms in total. The van der Waals surface area contributed by atoms with E-state index in [4.69, 9.17) is 13.9 Å². The second-order valence-electron chi connectivity index (χ2n) is 4.24. The topological polar surface area (TPSA) is 89.4 Å². The molecule has 0 aliphatic carbocycles. The molecule has 0 bridgehead atoms. The summed E-state index contributed by atoms with van der Waals surface area (Å²) in [6.45, 7) is 1.82. The lowest BCUT2D eigenvalue weighted by molar-refractivity contribution is 0.0697. The number of aromatic carboxylic acids is 1. The standard InChI is InChI=1S/C14H10N2O4/c1-8-5-11(7-19-8)13-16-15-12(20-13)9-3-2-4-10(6-9)14(17)18/h2-7H,1H3,(H,17,18). The maximum atomic E-state index is 10.9. The fraction of sp³-hybridized carbons (Fsp3) is 0.0714. The van der Waals surface area contributed by atoms with Gasteiger partial charge in [-0.25, -0.2) is 4.79 Å². The maximum Gasteiger partial charge on any atom is 0.335 e. The SMILES string of the molecule is Cc1cc(-c2nnc(-c3cccc(C(=O)O)c3)o2)co1. The van der Waals surface area contributed by atoms with E-state index in [9.17, 15) is 4.79 Å². The lowest BCUT2D eigenvalue weighted by atomic mass is 10.1. The number of aryl methyl sites for hydroxylation is 1. The van der Waals surface area contributed by atoms with Crippen molar-refractivity contribution in [3.8, 4) is 22.9 Å². The van der Waals surface area contributed by atoms with Crippen LogP contribution in [0, 0.1) is 6.92 Å². The molecule has 1 N–H and O–H groups in total. The average molecular weight is 270 g/mol. The van der Waals surface area contributed by atoms with Gasteiger partial charge in [0, 0.05) is 5.56 Å². The molecule has 0 spiro atoms. The monoisotopic (exact) mass is 270 g/mol. The van der Waals surface area contributed by atoms with Crippen LogP contribution >= 0.6 is 0 Å². The summed E-state index contributed by atoms with van der Waals surface area (Å²) in [6.07, 6.45) is 1.53. The third-order valence-corrected chi connectivity index (χ3v) is 2.76. The number of carboxylic acids is 1. The van der Waals surface area contributed by atoms with Gasteiger partial charge in [0.05, 0.1) is 11.1 Å². The van der Waals surface area contributed by atoms with Crippen molar-refractivity contribution in [2.45, 2.75) is 6.92 Å². The minimum Gasteiger partial charge on any atom is -0.478 e. The fourth-order valence-corrected chi connectivity index (χ4v) is 1.80. The number of rotatable bonds is 3. The zero-order valence-electron chi connectivity index (χ0n) is 10.5. The van der Waals surface area contributed by atoms with Crippen LogP contribution in [0.25, 0.3) is 22.9 Å². The van der Waals surface area contributed by atoms with E-state index in [-0.39, 0.29) is 11.5 Å². The molecule has 2 aromatic heterocycles. The van der Waals surface area contributed by atoms with Gasteiger partial charge in [-0.1, -0.05) is 6.07 Å². The van der Waals surface area contributed by atoms with Crippen molar-refractivity contribution in [2.24, 2.45) is 0 Å². The number of hydrogen-bond acceptors (Lipinski definition) is 5. The molecule has 3 rings (SSSR count). The van der Waals surface area contributed by atoms with E-state index in [1.54, 1.807) is 18.2 Å². The van der Waals surface area contributed by atoms with Crippen molar-refractivity contribution in [3.05, 3.63) is 47.9 Å². The third-order valence-electron chi connectivity index (χ3n) is 2.76. The highest BCUT2D eigenvalue weighted by atomic mass is 16.4. The van der Waals surface area contributed by atoms with Gasteiger partial charge < -0.3 is 13.9 Å². The van der Waals surface area contributed by atoms with Gasteiger partial charge in [-0.2, -0.15) is 0 Å². The van der Waals surface area contributed by atoms with Gasteiger partial charge in [-0.05, 0) is 31.2 Å². The third kappa shape index (κ3) is 2.18. The Hall–Kier alpha value is -2.89. The van der Waals surface area contributed by atoms with Crippen molar-refractivity contribution in [1.29, 1.82) is 0 Å². The summed E-state index contributed by atoms with van der Waals surface area (Å²) in [5.41, 5.74) is 1.42. The van der Waals surface area contributed by atoms with E-state index in [1.807, 2.05) is 6.92 Å². The van der Waals surface area contributed by atoms with Gasteiger partial charge in [0.2, 0.25) is 5.89 Å². The van der Waals surface area contributed by atoms with E-state index in [1.165, 1.54) is 18.4 Å². The van der Waals surface area contributed by atoms with Crippen molar-refractivity contribution in [1.82, 2.24) is 10.2 Å². The van der Waals surface area contributed by atoms with Gasteiger partial charge in [-0.15, -0.1) is 10.2 Å². The Balaban J connectivity index is 1.98. The molecule has 1 aromatic carbocycles. The normalized spacial score (nSPS) is 10.7. The summed E-state index contributed by atoms with van der Waals surface area (Å²) >= 11 is 0. The largest absolute Gasteiger partial charge is 0.478 e. The Morgan fingerprint density at radius 2 is 1.90 bits per heavy atom. The van der Waals surface area contributed by atoms with E-state index < -0.39 is 5.97 Å². The molecule has 0 unspecified atom stereocenters. The van der Waals surface area contributed by atoms with Gasteiger partial charge in [-0.3, -0.25) is 0 Å². The first-order chi connectivity index (χ1) is 9.63. The molecule has 3 aromatic rings. The number of carboxylic acid groups (broad SMARTS) is 1.